The second-order valence-corrected chi connectivity index (χ2v) is 5.15. The van der Waals surface area contributed by atoms with E-state index in [0.29, 0.717) is 11.3 Å². The van der Waals surface area contributed by atoms with Crippen LogP contribution in [-0.2, 0) is 6.54 Å². The molecule has 0 bridgehead atoms. The van der Waals surface area contributed by atoms with Gasteiger partial charge in [-0.25, -0.2) is 4.39 Å². The first-order valence-electron chi connectivity index (χ1n) is 6.91. The Labute approximate surface area is 122 Å². The topological polar surface area (TPSA) is 59.0 Å². The molecule has 108 valence electrons. The van der Waals surface area contributed by atoms with Crippen molar-refractivity contribution in [2.75, 3.05) is 31.1 Å². The van der Waals surface area contributed by atoms with Crippen molar-refractivity contribution >= 4 is 5.69 Å². The van der Waals surface area contributed by atoms with Crippen LogP contribution in [0.5, 0.6) is 0 Å². The molecule has 2 heterocycles. The number of nitriles is 1. The summed E-state index contributed by atoms with van der Waals surface area (Å²) in [5, 5.41) is 15.5. The minimum atomic E-state index is -0.322. The molecule has 1 aromatic carbocycles. The number of halogens is 1. The number of aromatic amines is 1. The maximum atomic E-state index is 14.0. The van der Waals surface area contributed by atoms with Crippen molar-refractivity contribution in [2.45, 2.75) is 6.54 Å². The molecule has 2 aromatic rings. The Hall–Kier alpha value is -2.39. The Morgan fingerprint density at radius 1 is 1.29 bits per heavy atom. The van der Waals surface area contributed by atoms with Gasteiger partial charge in [0.05, 0.1) is 23.5 Å². The van der Waals surface area contributed by atoms with Crippen LogP contribution in [0.4, 0.5) is 10.1 Å². The van der Waals surface area contributed by atoms with Gasteiger partial charge in [0.2, 0.25) is 0 Å². The summed E-state index contributed by atoms with van der Waals surface area (Å²) in [7, 11) is 0. The van der Waals surface area contributed by atoms with E-state index in [9.17, 15) is 4.39 Å². The molecule has 0 radical (unpaired) electrons. The van der Waals surface area contributed by atoms with Crippen molar-refractivity contribution in [1.82, 2.24) is 15.1 Å². The van der Waals surface area contributed by atoms with E-state index in [1.165, 1.54) is 6.07 Å². The van der Waals surface area contributed by atoms with Crippen molar-refractivity contribution in [2.24, 2.45) is 0 Å². The summed E-state index contributed by atoms with van der Waals surface area (Å²) in [6.45, 7) is 4.18. The number of benzene rings is 1. The summed E-state index contributed by atoms with van der Waals surface area (Å²) in [5.41, 5.74) is 2.10. The van der Waals surface area contributed by atoms with Gasteiger partial charge in [0.1, 0.15) is 5.82 Å². The monoisotopic (exact) mass is 285 g/mol. The number of anilines is 1. The zero-order valence-electron chi connectivity index (χ0n) is 11.6. The first-order chi connectivity index (χ1) is 10.3. The fraction of sp³-hybridized carbons (Fsp3) is 0.333. The summed E-state index contributed by atoms with van der Waals surface area (Å²) >= 11 is 0. The van der Waals surface area contributed by atoms with Gasteiger partial charge in [0.25, 0.3) is 0 Å². The molecule has 1 aliphatic rings. The first-order valence-corrected chi connectivity index (χ1v) is 6.91. The van der Waals surface area contributed by atoms with E-state index in [-0.39, 0.29) is 5.82 Å². The third kappa shape index (κ3) is 3.03. The highest BCUT2D eigenvalue weighted by Gasteiger charge is 2.19. The van der Waals surface area contributed by atoms with E-state index in [2.05, 4.69) is 15.1 Å². The fourth-order valence-electron chi connectivity index (χ4n) is 2.60. The number of nitrogens with zero attached hydrogens (tertiary/aromatic N) is 4. The molecular formula is C15H16FN5. The second-order valence-electron chi connectivity index (χ2n) is 5.15. The van der Waals surface area contributed by atoms with E-state index in [1.54, 1.807) is 12.1 Å². The Kier molecular flexibility index (Phi) is 3.84. The predicted molar refractivity (Wildman–Crippen MR) is 77.2 cm³/mol. The quantitative estimate of drug-likeness (QED) is 0.933. The van der Waals surface area contributed by atoms with Gasteiger partial charge in [0, 0.05) is 44.5 Å². The SMILES string of the molecule is N#Cc1ccc(N2CCN(Cc3cn[nH]c3)CC2)c(F)c1. The summed E-state index contributed by atoms with van der Waals surface area (Å²) in [6.07, 6.45) is 3.72. The largest absolute Gasteiger partial charge is 0.367 e. The Bertz CT molecular complexity index is 639. The molecule has 0 atom stereocenters. The zero-order chi connectivity index (χ0) is 14.7. The molecule has 0 saturated carbocycles. The van der Waals surface area contributed by atoms with E-state index in [1.807, 2.05) is 23.4 Å². The zero-order valence-corrected chi connectivity index (χ0v) is 11.6. The molecule has 1 saturated heterocycles. The van der Waals surface area contributed by atoms with Crippen LogP contribution in [0.1, 0.15) is 11.1 Å². The molecule has 0 aliphatic carbocycles. The molecule has 3 rings (SSSR count). The van der Waals surface area contributed by atoms with Crippen LogP contribution in [0.2, 0.25) is 0 Å². The van der Waals surface area contributed by atoms with Crippen LogP contribution in [0.25, 0.3) is 0 Å². The Balaban J connectivity index is 1.62. The van der Waals surface area contributed by atoms with Crippen molar-refractivity contribution in [3.8, 4) is 6.07 Å². The predicted octanol–water partition coefficient (Wildman–Crippen LogP) is 1.74. The molecule has 1 fully saturated rings. The lowest BCUT2D eigenvalue weighted by Crippen LogP contribution is -2.46. The van der Waals surface area contributed by atoms with E-state index in [0.717, 1.165) is 38.3 Å². The van der Waals surface area contributed by atoms with Gasteiger partial charge in [-0.1, -0.05) is 0 Å². The first kappa shape index (κ1) is 13.6. The summed E-state index contributed by atoms with van der Waals surface area (Å²) in [6, 6.07) is 6.61. The summed E-state index contributed by atoms with van der Waals surface area (Å²) < 4.78 is 14.0. The molecule has 0 unspecified atom stereocenters. The molecular weight excluding hydrogens is 269 g/mol. The van der Waals surface area contributed by atoms with Crippen molar-refractivity contribution in [3.63, 3.8) is 0 Å². The van der Waals surface area contributed by atoms with Gasteiger partial charge in [0.15, 0.2) is 0 Å². The van der Waals surface area contributed by atoms with Gasteiger partial charge in [-0.2, -0.15) is 10.4 Å². The molecule has 0 spiro atoms. The van der Waals surface area contributed by atoms with Crippen molar-refractivity contribution < 1.29 is 4.39 Å². The molecule has 0 amide bonds. The Morgan fingerprint density at radius 3 is 2.71 bits per heavy atom. The van der Waals surface area contributed by atoms with Crippen molar-refractivity contribution in [1.29, 1.82) is 5.26 Å². The average Bonchev–Trinajstić information content (AvgIpc) is 3.01. The van der Waals surface area contributed by atoms with Crippen molar-refractivity contribution in [3.05, 3.63) is 47.5 Å². The maximum Gasteiger partial charge on any atom is 0.147 e. The van der Waals surface area contributed by atoms with Gasteiger partial charge >= 0.3 is 0 Å². The second kappa shape index (κ2) is 5.94. The summed E-state index contributed by atoms with van der Waals surface area (Å²) in [4.78, 5) is 4.35. The van der Waals surface area contributed by atoms with Gasteiger partial charge in [-0.05, 0) is 18.2 Å². The highest BCUT2D eigenvalue weighted by Crippen LogP contribution is 2.22. The normalized spacial score (nSPS) is 15.9. The highest BCUT2D eigenvalue weighted by molar-refractivity contribution is 5.51. The molecule has 1 aromatic heterocycles. The molecule has 5 nitrogen and oxygen atoms in total. The van der Waals surface area contributed by atoms with Gasteiger partial charge in [-0.15, -0.1) is 0 Å². The fourth-order valence-corrected chi connectivity index (χ4v) is 2.60. The van der Waals surface area contributed by atoms with Crippen LogP contribution in [0.3, 0.4) is 0 Å². The van der Waals surface area contributed by atoms with Crippen LogP contribution >= 0.6 is 0 Å². The number of rotatable bonds is 3. The third-order valence-corrected chi connectivity index (χ3v) is 3.75. The van der Waals surface area contributed by atoms with E-state index < -0.39 is 0 Å². The minimum Gasteiger partial charge on any atom is -0.367 e. The number of H-pyrrole nitrogens is 1. The van der Waals surface area contributed by atoms with Crippen LogP contribution in [0, 0.1) is 17.1 Å². The lowest BCUT2D eigenvalue weighted by molar-refractivity contribution is 0.249. The number of aromatic nitrogens is 2. The minimum absolute atomic E-state index is 0.322. The number of hydrogen-bond donors (Lipinski definition) is 1. The number of piperazine rings is 1. The average molecular weight is 285 g/mol. The van der Waals surface area contributed by atoms with Gasteiger partial charge < -0.3 is 4.90 Å². The van der Waals surface area contributed by atoms with Crippen LogP contribution in [0.15, 0.2) is 30.6 Å². The standard InChI is InChI=1S/C15H16FN5/c16-14-7-12(8-17)1-2-15(14)21-5-3-20(4-6-21)11-13-9-18-19-10-13/h1-2,7,9-10H,3-6,11H2,(H,18,19). The lowest BCUT2D eigenvalue weighted by atomic mass is 10.1. The van der Waals surface area contributed by atoms with E-state index in [4.69, 9.17) is 5.26 Å². The molecule has 6 heteroatoms. The lowest BCUT2D eigenvalue weighted by Gasteiger charge is -2.36. The Morgan fingerprint density at radius 2 is 2.10 bits per heavy atom. The number of hydrogen-bond acceptors (Lipinski definition) is 4. The smallest absolute Gasteiger partial charge is 0.147 e. The van der Waals surface area contributed by atoms with Crippen LogP contribution < -0.4 is 4.90 Å². The maximum absolute atomic E-state index is 14.0. The van der Waals surface area contributed by atoms with Gasteiger partial charge in [-0.3, -0.25) is 10.00 Å². The van der Waals surface area contributed by atoms with E-state index >= 15 is 0 Å². The molecule has 1 aliphatic heterocycles. The highest BCUT2D eigenvalue weighted by atomic mass is 19.1. The molecule has 1 N–H and O–H groups in total. The third-order valence-electron chi connectivity index (χ3n) is 3.75. The molecule has 21 heavy (non-hydrogen) atoms. The summed E-state index contributed by atoms with van der Waals surface area (Å²) in [5.74, 6) is -0.322. The van der Waals surface area contributed by atoms with Crippen LogP contribution in [-0.4, -0.2) is 41.3 Å². The number of nitrogens with one attached hydrogen (secondary N) is 1.